The molecule has 1 aliphatic heterocycles. The van der Waals surface area contributed by atoms with E-state index in [1.54, 1.807) is 11.3 Å². The fourth-order valence-electron chi connectivity index (χ4n) is 4.35. The molecule has 0 atom stereocenters. The second-order valence-corrected chi connectivity index (χ2v) is 13.1. The number of unbranched alkanes of at least 4 members (excludes halogenated alkanes) is 1. The lowest BCUT2D eigenvalue weighted by Crippen LogP contribution is -2.36. The van der Waals surface area contributed by atoms with Gasteiger partial charge in [-0.15, -0.1) is 0 Å². The Morgan fingerprint density at radius 1 is 1.07 bits per heavy atom. The summed E-state index contributed by atoms with van der Waals surface area (Å²) in [5.41, 5.74) is 7.83. The first-order valence-corrected chi connectivity index (χ1v) is 17.4. The summed E-state index contributed by atoms with van der Waals surface area (Å²) in [5, 5.41) is 3.84. The van der Waals surface area contributed by atoms with E-state index in [1.807, 2.05) is 59.8 Å². The number of halogens is 1. The summed E-state index contributed by atoms with van der Waals surface area (Å²) in [4.78, 5) is 2.04. The Morgan fingerprint density at radius 2 is 1.72 bits per heavy atom. The molecule has 3 aromatic carbocycles. The van der Waals surface area contributed by atoms with Gasteiger partial charge in [0.2, 0.25) is 11.4 Å². The topological polar surface area (TPSA) is 99.6 Å². The largest absolute Gasteiger partial charge is 0.748 e. The highest BCUT2D eigenvalue weighted by molar-refractivity contribution is 7.85. The number of thiazole rings is 1. The number of fused-ring (bicyclic) bond motifs is 3. The first kappa shape index (κ1) is 34.5. The van der Waals surface area contributed by atoms with Crippen LogP contribution in [0.4, 0.5) is 5.69 Å². The highest BCUT2D eigenvalue weighted by atomic mass is 35.5. The molecule has 232 valence electrons. The highest BCUT2D eigenvalue weighted by Crippen LogP contribution is 2.41. The van der Waals surface area contributed by atoms with E-state index in [-0.39, 0.29) is 6.42 Å². The van der Waals surface area contributed by atoms with Crippen LogP contribution >= 0.6 is 22.9 Å². The quantitative estimate of drug-likeness (QED) is 0.155. The van der Waals surface area contributed by atoms with Gasteiger partial charge in [-0.1, -0.05) is 87.7 Å². The van der Waals surface area contributed by atoms with Crippen molar-refractivity contribution in [2.75, 3.05) is 24.2 Å². The Kier molecular flexibility index (Phi) is 13.0. The Hall–Kier alpha value is -2.95. The molecule has 5 rings (SSSR count). The predicted octanol–water partition coefficient (Wildman–Crippen LogP) is 7.87. The van der Waals surface area contributed by atoms with Crippen LogP contribution in [0.5, 0.6) is 5.75 Å². The number of hydrogen-bond donors (Lipinski definition) is 1. The third-order valence-corrected chi connectivity index (χ3v) is 8.86. The van der Waals surface area contributed by atoms with Crippen LogP contribution in [-0.4, -0.2) is 32.3 Å². The molecule has 0 fully saturated rings. The minimum atomic E-state index is -4.28. The number of hydrogen-bond acceptors (Lipinski definition) is 7. The predicted molar refractivity (Wildman–Crippen MR) is 181 cm³/mol. The van der Waals surface area contributed by atoms with E-state index in [9.17, 15) is 13.0 Å². The van der Waals surface area contributed by atoms with Crippen molar-refractivity contribution < 1.29 is 22.3 Å². The lowest BCUT2D eigenvalue weighted by Gasteiger charge is -2.12. The number of benzene rings is 3. The van der Waals surface area contributed by atoms with E-state index >= 15 is 0 Å². The van der Waals surface area contributed by atoms with Crippen molar-refractivity contribution in [2.45, 2.75) is 59.9 Å². The molecule has 2 N–H and O–H groups in total. The van der Waals surface area contributed by atoms with Crippen LogP contribution in [0.2, 0.25) is 5.02 Å². The molecule has 1 aliphatic rings. The van der Waals surface area contributed by atoms with Gasteiger partial charge in [0.05, 0.1) is 15.8 Å². The number of aryl methyl sites for hydroxylation is 1. The third kappa shape index (κ3) is 9.52. The summed E-state index contributed by atoms with van der Waals surface area (Å²) in [6.07, 6.45) is 7.76. The van der Waals surface area contributed by atoms with E-state index in [2.05, 4.69) is 51.1 Å². The second-order valence-electron chi connectivity index (χ2n) is 10.1. The zero-order chi connectivity index (χ0) is 31.6. The minimum Gasteiger partial charge on any atom is -0.748 e. The standard InChI is InChI=1S/C27H25ClN2O4S2.C4H10.C2H7N/c1-3-18(13-26-29(2)22-15-19-7-4-5-8-20(19)16-24(22)34-26)14-27-30(11-6-12-36(31,32)33)23-17-21(28)9-10-25(23)35-27;1-3-4-2;1-2-3/h4-5,7-10,13-17H,3,6,11-12H2,1-2H3;3-4H2,1-2H3;2-3H2,1H3. The number of nitrogens with two attached hydrogens (primary N) is 1. The minimum absolute atomic E-state index is 0.229. The number of aromatic nitrogens is 1. The molecule has 0 spiro atoms. The van der Waals surface area contributed by atoms with Crippen molar-refractivity contribution in [1.29, 1.82) is 0 Å². The fourth-order valence-corrected chi connectivity index (χ4v) is 6.15. The van der Waals surface area contributed by atoms with Crippen LogP contribution in [0, 0.1) is 0 Å². The SMILES string of the molecule is CCC(=Cc1sc2ccc(Cl)cc2[n+]1CCCS(=O)(=O)[O-])C=C1Oc2cc3ccccc3cc2N1C.CCCC.CCN. The maximum atomic E-state index is 11.2. The van der Waals surface area contributed by atoms with E-state index in [4.69, 9.17) is 22.1 Å². The molecule has 10 heteroatoms. The lowest BCUT2D eigenvalue weighted by molar-refractivity contribution is -0.668. The Labute approximate surface area is 265 Å². The van der Waals surface area contributed by atoms with Crippen LogP contribution in [0.1, 0.15) is 58.4 Å². The van der Waals surface area contributed by atoms with Crippen LogP contribution < -0.4 is 19.9 Å². The van der Waals surface area contributed by atoms with Gasteiger partial charge in [0.1, 0.15) is 4.70 Å². The Bertz CT molecular complexity index is 1700. The van der Waals surface area contributed by atoms with Crippen LogP contribution in [0.25, 0.3) is 27.1 Å². The van der Waals surface area contributed by atoms with Crippen molar-refractivity contribution in [3.8, 4) is 5.75 Å². The van der Waals surface area contributed by atoms with Crippen LogP contribution in [-0.2, 0) is 16.7 Å². The van der Waals surface area contributed by atoms with Crippen molar-refractivity contribution in [1.82, 2.24) is 0 Å². The van der Waals surface area contributed by atoms with Gasteiger partial charge in [0, 0.05) is 42.5 Å². The molecule has 0 amide bonds. The number of anilines is 1. The molecule has 0 aliphatic carbocycles. The molecule has 1 aromatic heterocycles. The first-order valence-electron chi connectivity index (χ1n) is 14.7. The smallest absolute Gasteiger partial charge is 0.263 e. The van der Waals surface area contributed by atoms with E-state index < -0.39 is 15.9 Å². The molecule has 0 radical (unpaired) electrons. The van der Waals surface area contributed by atoms with Gasteiger partial charge in [-0.2, -0.15) is 4.57 Å². The molecule has 4 aromatic rings. The molecule has 0 bridgehead atoms. The zero-order valence-electron chi connectivity index (χ0n) is 25.6. The van der Waals surface area contributed by atoms with Gasteiger partial charge in [0.15, 0.2) is 12.3 Å². The van der Waals surface area contributed by atoms with Crippen molar-refractivity contribution in [2.24, 2.45) is 5.73 Å². The molecular weight excluding hydrogens is 602 g/mol. The maximum Gasteiger partial charge on any atom is 0.263 e. The summed E-state index contributed by atoms with van der Waals surface area (Å²) < 4.78 is 42.8. The summed E-state index contributed by atoms with van der Waals surface area (Å²) in [6, 6.07) is 18.1. The zero-order valence-corrected chi connectivity index (χ0v) is 28.0. The summed E-state index contributed by atoms with van der Waals surface area (Å²) >= 11 is 7.85. The molecule has 0 saturated heterocycles. The Balaban J connectivity index is 0.000000657. The lowest BCUT2D eigenvalue weighted by atomic mass is 10.1. The monoisotopic (exact) mass is 643 g/mol. The molecule has 0 unspecified atom stereocenters. The van der Waals surface area contributed by atoms with Crippen molar-refractivity contribution in [3.05, 3.63) is 82.2 Å². The normalized spacial score (nSPS) is 13.8. The van der Waals surface area contributed by atoms with Crippen molar-refractivity contribution in [3.63, 3.8) is 0 Å². The first-order chi connectivity index (χ1) is 20.5. The Morgan fingerprint density at radius 3 is 2.33 bits per heavy atom. The van der Waals surface area contributed by atoms with E-state index in [0.29, 0.717) is 11.6 Å². The summed E-state index contributed by atoms with van der Waals surface area (Å²) in [7, 11) is -2.28. The van der Waals surface area contributed by atoms with Gasteiger partial charge in [-0.3, -0.25) is 0 Å². The molecule has 2 heterocycles. The fraction of sp³-hybridized carbons (Fsp3) is 0.364. The maximum absolute atomic E-state index is 11.2. The molecule has 43 heavy (non-hydrogen) atoms. The molecule has 7 nitrogen and oxygen atoms in total. The van der Waals surface area contributed by atoms with Gasteiger partial charge in [0.25, 0.3) is 5.01 Å². The second kappa shape index (κ2) is 16.2. The van der Waals surface area contributed by atoms with Crippen LogP contribution in [0.3, 0.4) is 0 Å². The number of ether oxygens (including phenoxy) is 1. The highest BCUT2D eigenvalue weighted by Gasteiger charge is 2.25. The van der Waals surface area contributed by atoms with Crippen LogP contribution in [0.15, 0.2) is 72.1 Å². The van der Waals surface area contributed by atoms with Gasteiger partial charge < -0.3 is 19.9 Å². The number of rotatable bonds is 8. The summed E-state index contributed by atoms with van der Waals surface area (Å²) in [5.74, 6) is 1.15. The third-order valence-electron chi connectivity index (χ3n) is 6.73. The molecular formula is C33H42ClN3O4S2. The number of allylic oxidation sites excluding steroid dienone is 2. The average Bonchev–Trinajstić information content (AvgIpc) is 3.46. The summed E-state index contributed by atoms with van der Waals surface area (Å²) in [6.45, 7) is 9.49. The average molecular weight is 644 g/mol. The molecule has 0 saturated carbocycles. The van der Waals surface area contributed by atoms with Gasteiger partial charge >= 0.3 is 0 Å². The van der Waals surface area contributed by atoms with Crippen molar-refractivity contribution >= 4 is 65.8 Å². The van der Waals surface area contributed by atoms with E-state index in [0.717, 1.165) is 61.9 Å². The van der Waals surface area contributed by atoms with Gasteiger partial charge in [-0.05, 0) is 53.6 Å². The van der Waals surface area contributed by atoms with E-state index in [1.165, 1.54) is 12.8 Å². The van der Waals surface area contributed by atoms with Gasteiger partial charge in [-0.25, -0.2) is 8.42 Å². The number of nitrogens with zero attached hydrogens (tertiary/aromatic N) is 2.